The molecule has 0 fully saturated rings. The summed E-state index contributed by atoms with van der Waals surface area (Å²) in [7, 11) is 0. The average molecular weight is 412 g/mol. The second-order valence-corrected chi connectivity index (χ2v) is 4.46. The number of imidazole rings is 1. The Morgan fingerprint density at radius 1 is 0.952 bits per heavy atom. The van der Waals surface area contributed by atoms with Gasteiger partial charge in [0.25, 0.3) is 0 Å². The molecule has 0 unspecified atom stereocenters. The van der Waals surface area contributed by atoms with Crippen LogP contribution in [0.5, 0.6) is 0 Å². The molecule has 5 heteroatoms. The highest BCUT2D eigenvalue weighted by atomic mass is 79.9. The summed E-state index contributed by atoms with van der Waals surface area (Å²) in [6.07, 6.45) is 1.72. The number of halogens is 2. The van der Waals surface area contributed by atoms with Gasteiger partial charge in [-0.15, -0.1) is 34.0 Å². The number of rotatable bonds is 4. The Bertz CT molecular complexity index is 711. The quantitative estimate of drug-likeness (QED) is 0.601. The molecule has 0 aliphatic heterocycles. The number of nitrogens with zero attached hydrogens (tertiary/aromatic N) is 2. The standard InChI is InChI=1S/C16H14N2O.2BrH/c19-12-16-17-14-8-4-5-9-15(14)18(16)11-10-13-6-2-1-3-7-13;;/h1-9,12H,10-11H2;2*1H. The van der Waals surface area contributed by atoms with Gasteiger partial charge in [0.15, 0.2) is 12.1 Å². The number of hydrogen-bond donors (Lipinski definition) is 0. The van der Waals surface area contributed by atoms with Crippen LogP contribution < -0.4 is 0 Å². The second-order valence-electron chi connectivity index (χ2n) is 4.46. The number of para-hydroxylation sites is 2. The summed E-state index contributed by atoms with van der Waals surface area (Å²) >= 11 is 0. The maximum absolute atomic E-state index is 11.1. The van der Waals surface area contributed by atoms with E-state index in [1.54, 1.807) is 0 Å². The molecule has 0 radical (unpaired) electrons. The molecule has 0 amide bonds. The molecule has 0 N–H and O–H groups in total. The van der Waals surface area contributed by atoms with Gasteiger partial charge in [-0.2, -0.15) is 0 Å². The van der Waals surface area contributed by atoms with Crippen LogP contribution in [0, 0.1) is 0 Å². The number of carbonyl (C=O) groups excluding carboxylic acids is 1. The third kappa shape index (κ3) is 3.80. The summed E-state index contributed by atoms with van der Waals surface area (Å²) in [4.78, 5) is 15.5. The molecule has 3 nitrogen and oxygen atoms in total. The molecule has 0 saturated heterocycles. The lowest BCUT2D eigenvalue weighted by Gasteiger charge is -2.06. The van der Waals surface area contributed by atoms with Gasteiger partial charge >= 0.3 is 0 Å². The third-order valence-corrected chi connectivity index (χ3v) is 3.26. The van der Waals surface area contributed by atoms with Gasteiger partial charge in [0.1, 0.15) is 0 Å². The van der Waals surface area contributed by atoms with Crippen LogP contribution >= 0.6 is 34.0 Å². The van der Waals surface area contributed by atoms with Crippen molar-refractivity contribution in [1.29, 1.82) is 0 Å². The molecule has 0 aliphatic rings. The molecule has 1 heterocycles. The van der Waals surface area contributed by atoms with Gasteiger partial charge in [0.05, 0.1) is 11.0 Å². The molecule has 1 aromatic heterocycles. The fourth-order valence-electron chi connectivity index (χ4n) is 2.30. The molecular formula is C16H16Br2N2O. The lowest BCUT2D eigenvalue weighted by atomic mass is 10.1. The normalized spacial score (nSPS) is 9.71. The van der Waals surface area contributed by atoms with Crippen LogP contribution in [0.25, 0.3) is 11.0 Å². The van der Waals surface area contributed by atoms with Crippen molar-refractivity contribution in [2.45, 2.75) is 13.0 Å². The summed E-state index contributed by atoms with van der Waals surface area (Å²) in [6.45, 7) is 0.762. The van der Waals surface area contributed by atoms with Gasteiger partial charge in [0, 0.05) is 6.54 Å². The van der Waals surface area contributed by atoms with E-state index in [0.29, 0.717) is 5.82 Å². The molecule has 0 saturated carbocycles. The predicted molar refractivity (Wildman–Crippen MR) is 95.9 cm³/mol. The molecule has 0 atom stereocenters. The first-order valence-corrected chi connectivity index (χ1v) is 6.33. The van der Waals surface area contributed by atoms with E-state index in [-0.39, 0.29) is 34.0 Å². The van der Waals surface area contributed by atoms with E-state index in [1.165, 1.54) is 5.56 Å². The monoisotopic (exact) mass is 410 g/mol. The van der Waals surface area contributed by atoms with Crippen molar-refractivity contribution < 1.29 is 4.79 Å². The zero-order valence-electron chi connectivity index (χ0n) is 11.3. The van der Waals surface area contributed by atoms with E-state index in [2.05, 4.69) is 17.1 Å². The van der Waals surface area contributed by atoms with Crippen molar-refractivity contribution in [3.63, 3.8) is 0 Å². The Morgan fingerprint density at radius 3 is 2.33 bits per heavy atom. The van der Waals surface area contributed by atoms with Gasteiger partial charge in [-0.05, 0) is 24.1 Å². The SMILES string of the molecule is Br.Br.O=Cc1nc2ccccc2n1CCc1ccccc1. The Hall–Kier alpha value is -1.46. The first-order valence-electron chi connectivity index (χ1n) is 6.33. The molecule has 2 aromatic carbocycles. The van der Waals surface area contributed by atoms with E-state index < -0.39 is 0 Å². The average Bonchev–Trinajstić information content (AvgIpc) is 2.84. The molecule has 0 bridgehead atoms. The van der Waals surface area contributed by atoms with E-state index in [1.807, 2.05) is 47.0 Å². The summed E-state index contributed by atoms with van der Waals surface area (Å²) in [5, 5.41) is 0. The number of benzene rings is 2. The summed E-state index contributed by atoms with van der Waals surface area (Å²) in [6, 6.07) is 18.1. The Balaban J connectivity index is 0.00000110. The van der Waals surface area contributed by atoms with E-state index in [4.69, 9.17) is 0 Å². The van der Waals surface area contributed by atoms with Crippen molar-refractivity contribution in [3.8, 4) is 0 Å². The maximum atomic E-state index is 11.1. The molecule has 0 aliphatic carbocycles. The maximum Gasteiger partial charge on any atom is 0.185 e. The Kier molecular flexibility index (Phi) is 6.78. The van der Waals surface area contributed by atoms with Crippen molar-refractivity contribution in [3.05, 3.63) is 66.0 Å². The highest BCUT2D eigenvalue weighted by Gasteiger charge is 2.08. The molecule has 3 aromatic rings. The summed E-state index contributed by atoms with van der Waals surface area (Å²) in [5.74, 6) is 0.497. The largest absolute Gasteiger partial charge is 0.321 e. The number of aromatic nitrogens is 2. The first-order chi connectivity index (χ1) is 9.38. The minimum Gasteiger partial charge on any atom is -0.321 e. The molecular weight excluding hydrogens is 396 g/mol. The fraction of sp³-hybridized carbons (Fsp3) is 0.125. The molecule has 0 spiro atoms. The minimum atomic E-state index is 0. The Morgan fingerprint density at radius 2 is 1.62 bits per heavy atom. The van der Waals surface area contributed by atoms with Gasteiger partial charge in [-0.1, -0.05) is 42.5 Å². The smallest absolute Gasteiger partial charge is 0.185 e. The minimum absolute atomic E-state index is 0. The number of hydrogen-bond acceptors (Lipinski definition) is 2. The van der Waals surface area contributed by atoms with Gasteiger partial charge in [-0.3, -0.25) is 4.79 Å². The molecule has 110 valence electrons. The summed E-state index contributed by atoms with van der Waals surface area (Å²) < 4.78 is 1.98. The van der Waals surface area contributed by atoms with Gasteiger partial charge < -0.3 is 4.57 Å². The van der Waals surface area contributed by atoms with Crippen LogP contribution in [0.2, 0.25) is 0 Å². The second kappa shape index (κ2) is 8.10. The van der Waals surface area contributed by atoms with Crippen molar-refractivity contribution >= 4 is 51.3 Å². The number of fused-ring (bicyclic) bond motifs is 1. The summed E-state index contributed by atoms with van der Waals surface area (Å²) in [5.41, 5.74) is 3.15. The van der Waals surface area contributed by atoms with Crippen LogP contribution in [0.15, 0.2) is 54.6 Å². The first kappa shape index (κ1) is 17.6. The van der Waals surface area contributed by atoms with Crippen LogP contribution in [-0.2, 0) is 13.0 Å². The van der Waals surface area contributed by atoms with E-state index in [0.717, 1.165) is 30.3 Å². The third-order valence-electron chi connectivity index (χ3n) is 3.26. The lowest BCUT2D eigenvalue weighted by Crippen LogP contribution is -2.05. The predicted octanol–water partition coefficient (Wildman–Crippen LogP) is 4.25. The fourth-order valence-corrected chi connectivity index (χ4v) is 2.30. The molecule has 21 heavy (non-hydrogen) atoms. The van der Waals surface area contributed by atoms with Crippen LogP contribution in [0.4, 0.5) is 0 Å². The van der Waals surface area contributed by atoms with Crippen molar-refractivity contribution in [2.75, 3.05) is 0 Å². The Labute approximate surface area is 144 Å². The highest BCUT2D eigenvalue weighted by Crippen LogP contribution is 2.15. The topological polar surface area (TPSA) is 34.9 Å². The molecule has 3 rings (SSSR count). The zero-order chi connectivity index (χ0) is 13.1. The van der Waals surface area contributed by atoms with Crippen molar-refractivity contribution in [1.82, 2.24) is 9.55 Å². The van der Waals surface area contributed by atoms with Crippen molar-refractivity contribution in [2.24, 2.45) is 0 Å². The van der Waals surface area contributed by atoms with E-state index in [9.17, 15) is 4.79 Å². The van der Waals surface area contributed by atoms with Gasteiger partial charge in [0.2, 0.25) is 0 Å². The van der Waals surface area contributed by atoms with Crippen LogP contribution in [0.1, 0.15) is 16.2 Å². The van der Waals surface area contributed by atoms with E-state index >= 15 is 0 Å². The van der Waals surface area contributed by atoms with Crippen LogP contribution in [0.3, 0.4) is 0 Å². The van der Waals surface area contributed by atoms with Gasteiger partial charge in [-0.25, -0.2) is 4.98 Å². The highest BCUT2D eigenvalue weighted by molar-refractivity contribution is 8.93. The number of carbonyl (C=O) groups is 1. The lowest BCUT2D eigenvalue weighted by molar-refractivity contribution is 0.111. The zero-order valence-corrected chi connectivity index (χ0v) is 14.7. The van der Waals surface area contributed by atoms with Crippen LogP contribution in [-0.4, -0.2) is 15.8 Å². The number of aldehydes is 1. The number of aryl methyl sites for hydroxylation is 2.